The number of benzene rings is 1. The van der Waals surface area contributed by atoms with E-state index in [-0.39, 0.29) is 12.0 Å². The summed E-state index contributed by atoms with van der Waals surface area (Å²) >= 11 is 5.99. The van der Waals surface area contributed by atoms with Crippen molar-refractivity contribution in [2.75, 3.05) is 45.9 Å². The predicted octanol–water partition coefficient (Wildman–Crippen LogP) is 3.17. The monoisotopic (exact) mass is 418 g/mol. The standard InChI is InChI=1S/C23H31ClN2O3/c24-18-4-2-16(3-5-18)20-13-21(20)23(27)26-8-6-17-12-19(29-22(17)15-26)14-25-7-1-10-28-11-9-25/h2-5,17,19-22H,1,6-15H2/t17-,19?,20?,21?,22-/m0/s1. The van der Waals surface area contributed by atoms with Crippen molar-refractivity contribution in [2.45, 2.75) is 43.8 Å². The third-order valence-electron chi connectivity index (χ3n) is 7.12. The van der Waals surface area contributed by atoms with Gasteiger partial charge in [0.05, 0.1) is 18.8 Å². The average Bonchev–Trinajstić information content (AvgIpc) is 3.47. The molecule has 3 unspecified atom stereocenters. The number of amides is 1. The van der Waals surface area contributed by atoms with Crippen LogP contribution in [0.15, 0.2) is 24.3 Å². The summed E-state index contributed by atoms with van der Waals surface area (Å²) in [6, 6.07) is 7.96. The van der Waals surface area contributed by atoms with Crippen LogP contribution < -0.4 is 0 Å². The van der Waals surface area contributed by atoms with Gasteiger partial charge in [0.25, 0.3) is 0 Å². The predicted molar refractivity (Wildman–Crippen MR) is 112 cm³/mol. The number of fused-ring (bicyclic) bond motifs is 1. The number of likely N-dealkylation sites (tertiary alicyclic amines) is 1. The molecule has 5 nitrogen and oxygen atoms in total. The van der Waals surface area contributed by atoms with E-state index in [1.165, 1.54) is 5.56 Å². The highest BCUT2D eigenvalue weighted by molar-refractivity contribution is 6.30. The summed E-state index contributed by atoms with van der Waals surface area (Å²) in [6.07, 6.45) is 4.81. The van der Waals surface area contributed by atoms with Crippen LogP contribution in [-0.2, 0) is 14.3 Å². The minimum Gasteiger partial charge on any atom is -0.380 e. The van der Waals surface area contributed by atoms with Gasteiger partial charge in [-0.3, -0.25) is 9.69 Å². The van der Waals surface area contributed by atoms with Crippen LogP contribution in [0.1, 0.15) is 37.2 Å². The number of hydrogen-bond acceptors (Lipinski definition) is 4. The Bertz CT molecular complexity index is 719. The summed E-state index contributed by atoms with van der Waals surface area (Å²) in [6.45, 7) is 6.48. The molecule has 4 fully saturated rings. The van der Waals surface area contributed by atoms with E-state index in [1.807, 2.05) is 12.1 Å². The number of carbonyl (C=O) groups is 1. The number of rotatable bonds is 4. The van der Waals surface area contributed by atoms with Gasteiger partial charge in [-0.15, -0.1) is 0 Å². The first-order chi connectivity index (χ1) is 14.2. The van der Waals surface area contributed by atoms with Crippen LogP contribution in [0.4, 0.5) is 0 Å². The number of piperidine rings is 1. The molecule has 158 valence electrons. The zero-order valence-corrected chi connectivity index (χ0v) is 17.7. The average molecular weight is 419 g/mol. The topological polar surface area (TPSA) is 42.0 Å². The highest BCUT2D eigenvalue weighted by Gasteiger charge is 2.48. The van der Waals surface area contributed by atoms with Crippen molar-refractivity contribution < 1.29 is 14.3 Å². The van der Waals surface area contributed by atoms with Crippen molar-refractivity contribution in [1.82, 2.24) is 9.80 Å². The SMILES string of the molecule is O=C(C1CC1c1ccc(Cl)cc1)N1CC[C@H]2CC(CN3CCCOCC3)O[C@H]2C1. The van der Waals surface area contributed by atoms with Gasteiger partial charge in [-0.1, -0.05) is 23.7 Å². The van der Waals surface area contributed by atoms with Crippen molar-refractivity contribution in [3.05, 3.63) is 34.9 Å². The van der Waals surface area contributed by atoms with Gasteiger partial charge >= 0.3 is 0 Å². The molecule has 0 N–H and O–H groups in total. The minimum absolute atomic E-state index is 0.141. The fourth-order valence-electron chi connectivity index (χ4n) is 5.40. The van der Waals surface area contributed by atoms with Gasteiger partial charge in [0.2, 0.25) is 5.91 Å². The summed E-state index contributed by atoms with van der Waals surface area (Å²) in [5.41, 5.74) is 1.24. The Morgan fingerprint density at radius 3 is 2.83 bits per heavy atom. The summed E-state index contributed by atoms with van der Waals surface area (Å²) in [5, 5.41) is 0.750. The molecule has 5 rings (SSSR count). The molecule has 6 heteroatoms. The number of nitrogens with zero attached hydrogens (tertiary/aromatic N) is 2. The molecule has 3 aliphatic heterocycles. The summed E-state index contributed by atoms with van der Waals surface area (Å²) in [7, 11) is 0. The van der Waals surface area contributed by atoms with Crippen LogP contribution in [0.3, 0.4) is 0 Å². The second-order valence-electron chi connectivity index (χ2n) is 9.13. The van der Waals surface area contributed by atoms with Gasteiger partial charge in [0.1, 0.15) is 0 Å². The first-order valence-corrected chi connectivity index (χ1v) is 11.5. The second-order valence-corrected chi connectivity index (χ2v) is 9.57. The molecule has 1 aromatic rings. The maximum absolute atomic E-state index is 13.1. The lowest BCUT2D eigenvalue weighted by Gasteiger charge is -2.34. The summed E-state index contributed by atoms with van der Waals surface area (Å²) in [4.78, 5) is 17.6. The Morgan fingerprint density at radius 2 is 1.97 bits per heavy atom. The molecule has 1 saturated carbocycles. The van der Waals surface area contributed by atoms with E-state index in [2.05, 4.69) is 21.9 Å². The van der Waals surface area contributed by atoms with Crippen molar-refractivity contribution in [2.24, 2.45) is 11.8 Å². The fraction of sp³-hybridized carbons (Fsp3) is 0.696. The van der Waals surface area contributed by atoms with E-state index in [4.69, 9.17) is 21.1 Å². The van der Waals surface area contributed by atoms with E-state index < -0.39 is 0 Å². The van der Waals surface area contributed by atoms with Gasteiger partial charge in [-0.05, 0) is 55.2 Å². The van der Waals surface area contributed by atoms with Gasteiger partial charge in [-0.25, -0.2) is 0 Å². The first kappa shape index (κ1) is 19.8. The lowest BCUT2D eigenvalue weighted by atomic mass is 9.91. The van der Waals surface area contributed by atoms with Crippen LogP contribution in [-0.4, -0.2) is 73.9 Å². The van der Waals surface area contributed by atoms with Crippen molar-refractivity contribution in [1.29, 1.82) is 0 Å². The molecule has 0 aromatic heterocycles. The van der Waals surface area contributed by atoms with Gasteiger partial charge in [0, 0.05) is 50.3 Å². The van der Waals surface area contributed by atoms with Crippen molar-refractivity contribution in [3.63, 3.8) is 0 Å². The quantitative estimate of drug-likeness (QED) is 0.753. The van der Waals surface area contributed by atoms with E-state index in [0.29, 0.717) is 23.8 Å². The molecule has 0 spiro atoms. The molecule has 29 heavy (non-hydrogen) atoms. The molecule has 1 amide bonds. The third-order valence-corrected chi connectivity index (χ3v) is 7.37. The number of carbonyl (C=O) groups excluding carboxylic acids is 1. The number of halogens is 1. The third kappa shape index (κ3) is 4.48. The van der Waals surface area contributed by atoms with Gasteiger partial charge < -0.3 is 14.4 Å². The highest BCUT2D eigenvalue weighted by atomic mass is 35.5. The van der Waals surface area contributed by atoms with Crippen LogP contribution in [0, 0.1) is 11.8 Å². The maximum atomic E-state index is 13.1. The Labute approximate surface area is 178 Å². The van der Waals surface area contributed by atoms with Gasteiger partial charge in [0.15, 0.2) is 0 Å². The molecule has 4 aliphatic rings. The van der Waals surface area contributed by atoms with E-state index >= 15 is 0 Å². The van der Waals surface area contributed by atoms with E-state index in [1.54, 1.807) is 0 Å². The first-order valence-electron chi connectivity index (χ1n) is 11.2. The minimum atomic E-state index is 0.141. The molecular weight excluding hydrogens is 388 g/mol. The van der Waals surface area contributed by atoms with Crippen molar-refractivity contribution in [3.8, 4) is 0 Å². The Balaban J connectivity index is 1.13. The highest BCUT2D eigenvalue weighted by Crippen LogP contribution is 2.49. The molecule has 0 radical (unpaired) electrons. The molecule has 0 bridgehead atoms. The fourth-order valence-corrected chi connectivity index (χ4v) is 5.52. The zero-order valence-electron chi connectivity index (χ0n) is 17.0. The second kappa shape index (κ2) is 8.54. The number of hydrogen-bond donors (Lipinski definition) is 0. The van der Waals surface area contributed by atoms with E-state index in [9.17, 15) is 4.79 Å². The molecular formula is C23H31ClN2O3. The molecule has 1 aliphatic carbocycles. The Hall–Kier alpha value is -1.14. The van der Waals surface area contributed by atoms with Crippen LogP contribution >= 0.6 is 11.6 Å². The Morgan fingerprint density at radius 1 is 1.10 bits per heavy atom. The maximum Gasteiger partial charge on any atom is 0.226 e. The largest absolute Gasteiger partial charge is 0.380 e. The smallest absolute Gasteiger partial charge is 0.226 e. The molecule has 3 heterocycles. The lowest BCUT2D eigenvalue weighted by molar-refractivity contribution is -0.137. The zero-order chi connectivity index (χ0) is 19.8. The van der Waals surface area contributed by atoms with Crippen LogP contribution in [0.2, 0.25) is 5.02 Å². The molecule has 3 saturated heterocycles. The summed E-state index contributed by atoms with van der Waals surface area (Å²) < 4.78 is 12.0. The summed E-state index contributed by atoms with van der Waals surface area (Å²) in [5.74, 6) is 1.43. The number of ether oxygens (including phenoxy) is 2. The normalized spacial score (nSPS) is 35.2. The Kier molecular flexibility index (Phi) is 5.83. The van der Waals surface area contributed by atoms with Crippen LogP contribution in [0.5, 0.6) is 0 Å². The molecule has 5 atom stereocenters. The van der Waals surface area contributed by atoms with E-state index in [0.717, 1.165) is 76.6 Å². The van der Waals surface area contributed by atoms with Crippen LogP contribution in [0.25, 0.3) is 0 Å². The lowest BCUT2D eigenvalue weighted by Crippen LogP contribution is -2.46. The molecule has 1 aromatic carbocycles. The van der Waals surface area contributed by atoms with Gasteiger partial charge in [-0.2, -0.15) is 0 Å². The van der Waals surface area contributed by atoms with Crippen molar-refractivity contribution >= 4 is 17.5 Å².